The third-order valence-corrected chi connectivity index (χ3v) is 4.32. The van der Waals surface area contributed by atoms with Crippen molar-refractivity contribution < 1.29 is 14.9 Å². The summed E-state index contributed by atoms with van der Waals surface area (Å²) in [6.45, 7) is -0.159. The average molecular weight is 295 g/mol. The Morgan fingerprint density at radius 3 is 2.68 bits per heavy atom. The molecule has 0 amide bonds. The minimum atomic E-state index is -0.616. The summed E-state index contributed by atoms with van der Waals surface area (Å²) in [5, 5.41) is 21.3. The zero-order chi connectivity index (χ0) is 15.1. The van der Waals surface area contributed by atoms with Gasteiger partial charge in [0.2, 0.25) is 0 Å². The van der Waals surface area contributed by atoms with E-state index in [-0.39, 0.29) is 12.7 Å². The van der Waals surface area contributed by atoms with Gasteiger partial charge in [0.25, 0.3) is 0 Å². The number of rotatable bonds is 2. The molecule has 3 atom stereocenters. The standard InChI is InChI=1S/C18H17NO3/c20-10-18-16(21)9-17(22-18)13-6-5-12-7-11-3-1-2-4-14(11)19-15(12)8-13/h1-8,16-18,20-21H,9-10H2. The van der Waals surface area contributed by atoms with Crippen LogP contribution in [0.3, 0.4) is 0 Å². The highest BCUT2D eigenvalue weighted by molar-refractivity contribution is 5.92. The Bertz CT molecular complexity index is 833. The van der Waals surface area contributed by atoms with Gasteiger partial charge in [0, 0.05) is 17.2 Å². The molecule has 1 aliphatic heterocycles. The summed E-state index contributed by atoms with van der Waals surface area (Å²) < 4.78 is 5.72. The van der Waals surface area contributed by atoms with Gasteiger partial charge in [-0.3, -0.25) is 0 Å². The van der Waals surface area contributed by atoms with E-state index in [9.17, 15) is 10.2 Å². The molecule has 2 N–H and O–H groups in total. The molecule has 1 aliphatic rings. The van der Waals surface area contributed by atoms with Crippen LogP contribution >= 0.6 is 0 Å². The Hall–Kier alpha value is -2.01. The van der Waals surface area contributed by atoms with Crippen LogP contribution in [0.1, 0.15) is 18.1 Å². The molecule has 0 saturated carbocycles. The number of para-hydroxylation sites is 1. The van der Waals surface area contributed by atoms with Gasteiger partial charge < -0.3 is 14.9 Å². The van der Waals surface area contributed by atoms with Crippen molar-refractivity contribution in [2.75, 3.05) is 6.61 Å². The highest BCUT2D eigenvalue weighted by atomic mass is 16.5. The molecule has 4 rings (SSSR count). The number of pyridine rings is 1. The van der Waals surface area contributed by atoms with Gasteiger partial charge in [-0.1, -0.05) is 30.3 Å². The number of aromatic nitrogens is 1. The van der Waals surface area contributed by atoms with Gasteiger partial charge in [-0.2, -0.15) is 0 Å². The summed E-state index contributed by atoms with van der Waals surface area (Å²) in [6.07, 6.45) is -0.796. The predicted molar refractivity (Wildman–Crippen MR) is 84.6 cm³/mol. The second kappa shape index (κ2) is 5.32. The van der Waals surface area contributed by atoms with Crippen molar-refractivity contribution in [3.63, 3.8) is 0 Å². The molecule has 4 nitrogen and oxygen atoms in total. The van der Waals surface area contributed by atoms with Crippen molar-refractivity contribution in [3.8, 4) is 0 Å². The Morgan fingerprint density at radius 1 is 1.05 bits per heavy atom. The SMILES string of the molecule is OCC1OC(c2ccc3cc4ccccc4nc3c2)CC1O. The number of benzene rings is 2. The minimum Gasteiger partial charge on any atom is -0.394 e. The summed E-state index contributed by atoms with van der Waals surface area (Å²) >= 11 is 0. The van der Waals surface area contributed by atoms with Crippen LogP contribution < -0.4 is 0 Å². The number of aliphatic hydroxyl groups is 2. The van der Waals surface area contributed by atoms with E-state index in [1.165, 1.54) is 0 Å². The monoisotopic (exact) mass is 295 g/mol. The van der Waals surface area contributed by atoms with Gasteiger partial charge >= 0.3 is 0 Å². The zero-order valence-electron chi connectivity index (χ0n) is 12.0. The molecule has 2 heterocycles. The van der Waals surface area contributed by atoms with E-state index in [1.807, 2.05) is 36.4 Å². The van der Waals surface area contributed by atoms with Gasteiger partial charge in [0.15, 0.2) is 0 Å². The molecule has 4 heteroatoms. The first-order valence-corrected chi connectivity index (χ1v) is 7.48. The topological polar surface area (TPSA) is 62.6 Å². The fourth-order valence-electron chi connectivity index (χ4n) is 3.10. The summed E-state index contributed by atoms with van der Waals surface area (Å²) in [7, 11) is 0. The molecule has 1 aromatic heterocycles. The van der Waals surface area contributed by atoms with E-state index in [1.54, 1.807) is 0 Å². The smallest absolute Gasteiger partial charge is 0.107 e. The number of ether oxygens (including phenoxy) is 1. The maximum Gasteiger partial charge on any atom is 0.107 e. The van der Waals surface area contributed by atoms with E-state index < -0.39 is 12.2 Å². The second-order valence-corrected chi connectivity index (χ2v) is 5.78. The van der Waals surface area contributed by atoms with E-state index in [2.05, 4.69) is 12.1 Å². The molecule has 0 spiro atoms. The Labute approximate surface area is 128 Å². The van der Waals surface area contributed by atoms with Crippen LogP contribution in [0.4, 0.5) is 0 Å². The first-order chi connectivity index (χ1) is 10.7. The molecule has 2 aromatic carbocycles. The largest absolute Gasteiger partial charge is 0.394 e. The molecule has 3 aromatic rings. The molecule has 22 heavy (non-hydrogen) atoms. The van der Waals surface area contributed by atoms with Crippen LogP contribution in [0.2, 0.25) is 0 Å². The molecular weight excluding hydrogens is 278 g/mol. The summed E-state index contributed by atoms with van der Waals surface area (Å²) in [5.41, 5.74) is 2.87. The van der Waals surface area contributed by atoms with Gasteiger partial charge in [0.05, 0.1) is 29.8 Å². The lowest BCUT2D eigenvalue weighted by Gasteiger charge is -2.13. The number of fused-ring (bicyclic) bond motifs is 2. The maximum atomic E-state index is 9.87. The number of hydrogen-bond acceptors (Lipinski definition) is 4. The summed E-state index contributed by atoms with van der Waals surface area (Å²) in [5.74, 6) is 0. The molecule has 0 radical (unpaired) electrons. The van der Waals surface area contributed by atoms with Crippen LogP contribution in [0.5, 0.6) is 0 Å². The summed E-state index contributed by atoms with van der Waals surface area (Å²) in [6, 6.07) is 16.2. The lowest BCUT2D eigenvalue weighted by atomic mass is 10.0. The third-order valence-electron chi connectivity index (χ3n) is 4.32. The zero-order valence-corrected chi connectivity index (χ0v) is 12.0. The fraction of sp³-hybridized carbons (Fsp3) is 0.278. The van der Waals surface area contributed by atoms with Crippen molar-refractivity contribution >= 4 is 21.8 Å². The number of aliphatic hydroxyl groups excluding tert-OH is 2. The predicted octanol–water partition coefficient (Wildman–Crippen LogP) is 2.57. The molecule has 1 fully saturated rings. The molecule has 1 saturated heterocycles. The first-order valence-electron chi connectivity index (χ1n) is 7.48. The van der Waals surface area contributed by atoms with Crippen molar-refractivity contribution in [3.05, 3.63) is 54.1 Å². The normalized spacial score (nSPS) is 25.1. The number of nitrogens with zero attached hydrogens (tertiary/aromatic N) is 1. The highest BCUT2D eigenvalue weighted by Gasteiger charge is 2.34. The minimum absolute atomic E-state index is 0.159. The van der Waals surface area contributed by atoms with Crippen molar-refractivity contribution in [1.29, 1.82) is 0 Å². The second-order valence-electron chi connectivity index (χ2n) is 5.78. The van der Waals surface area contributed by atoms with Crippen molar-refractivity contribution in [2.45, 2.75) is 24.7 Å². The maximum absolute atomic E-state index is 9.87. The van der Waals surface area contributed by atoms with Gasteiger partial charge in [-0.15, -0.1) is 0 Å². The molecule has 0 bridgehead atoms. The summed E-state index contributed by atoms with van der Waals surface area (Å²) in [4.78, 5) is 4.70. The van der Waals surface area contributed by atoms with Gasteiger partial charge in [-0.05, 0) is 23.8 Å². The van der Waals surface area contributed by atoms with E-state index in [4.69, 9.17) is 9.72 Å². The van der Waals surface area contributed by atoms with Crippen molar-refractivity contribution in [2.24, 2.45) is 0 Å². The van der Waals surface area contributed by atoms with Crippen LogP contribution in [-0.4, -0.2) is 34.0 Å². The lowest BCUT2D eigenvalue weighted by molar-refractivity contribution is -0.0225. The molecular formula is C18H17NO3. The number of hydrogen-bond donors (Lipinski definition) is 2. The quantitative estimate of drug-likeness (QED) is 0.713. The Morgan fingerprint density at radius 2 is 1.86 bits per heavy atom. The van der Waals surface area contributed by atoms with E-state index in [0.29, 0.717) is 6.42 Å². The van der Waals surface area contributed by atoms with E-state index in [0.717, 1.165) is 27.4 Å². The fourth-order valence-corrected chi connectivity index (χ4v) is 3.10. The third kappa shape index (κ3) is 2.25. The van der Waals surface area contributed by atoms with Crippen LogP contribution in [0, 0.1) is 0 Å². The molecule has 112 valence electrons. The molecule has 0 aliphatic carbocycles. The first kappa shape index (κ1) is 13.6. The van der Waals surface area contributed by atoms with Crippen LogP contribution in [0.25, 0.3) is 21.8 Å². The van der Waals surface area contributed by atoms with Crippen LogP contribution in [0.15, 0.2) is 48.5 Å². The van der Waals surface area contributed by atoms with Crippen LogP contribution in [-0.2, 0) is 4.74 Å². The Balaban J connectivity index is 1.75. The van der Waals surface area contributed by atoms with Crippen molar-refractivity contribution in [1.82, 2.24) is 4.98 Å². The Kier molecular flexibility index (Phi) is 3.30. The highest BCUT2D eigenvalue weighted by Crippen LogP contribution is 2.34. The lowest BCUT2D eigenvalue weighted by Crippen LogP contribution is -2.24. The molecule has 3 unspecified atom stereocenters. The average Bonchev–Trinajstić information content (AvgIpc) is 2.93. The van der Waals surface area contributed by atoms with E-state index >= 15 is 0 Å². The van der Waals surface area contributed by atoms with Gasteiger partial charge in [0.1, 0.15) is 6.10 Å². The van der Waals surface area contributed by atoms with Gasteiger partial charge in [-0.25, -0.2) is 4.98 Å².